The number of aromatic nitrogens is 8. The van der Waals surface area contributed by atoms with Crippen molar-refractivity contribution in [1.82, 2.24) is 39.0 Å². The van der Waals surface area contributed by atoms with Crippen molar-refractivity contribution in [3.05, 3.63) is 322 Å². The number of hydrogen-bond donors (Lipinski definition) is 0. The van der Waals surface area contributed by atoms with E-state index in [0.717, 1.165) is 62.1 Å². The second-order valence-corrected chi connectivity index (χ2v) is 42.6. The molecular formula is C106H104Ir2N8O2Si2-4. The van der Waals surface area contributed by atoms with Gasteiger partial charge < -0.3 is 27.9 Å². The number of rotatable bonds is 13. The van der Waals surface area contributed by atoms with Gasteiger partial charge in [0.1, 0.15) is 0 Å². The minimum absolute atomic E-state index is 0. The fraction of sp³-hybridized carbons (Fsp3) is 0.226. The Morgan fingerprint density at radius 3 is 1.59 bits per heavy atom. The Bertz CT molecular complexity index is 7770. The Hall–Kier alpha value is -10.9. The molecule has 610 valence electrons. The number of furan rings is 2. The molecular weight excluding hydrogens is 1860 g/mol. The summed E-state index contributed by atoms with van der Waals surface area (Å²) in [5.41, 5.74) is 11.6. The minimum atomic E-state index is -2.82. The first-order valence-electron chi connectivity index (χ1n) is 51.4. The predicted molar refractivity (Wildman–Crippen MR) is 499 cm³/mol. The van der Waals surface area contributed by atoms with Crippen LogP contribution in [0, 0.1) is 97.4 Å². The SMILES string of the molecule is [2H]C([2H])([2H])c1cc(C([2H])([2H])[2H])c(-c2cnc3oc4c(-c5nc6ccccc6n5-c5c(C)cccc5C)[c-]ccc4c3c2)c(C([2H])([2H])[2H])c1.[2H]C([2H])([2H])c1cccc(C([2H])([2H])[2H])c1-c1ccc2c(n1)oc1c(-c3nc4ccccc4n3-c3ccccc3)[c-]ccc12.[2H]C([2H])([2H])c1nc(-c2[c-]cccc2)c(C([2H])([2H])C(C)C)cc1[Si](C)(C)C.[2H]C([2H])([2H])c1nc(-c2[c-]cccc2)cc(C([2H])([2H])C(C)(C)C)c1[Si](C)(C)C.[Ir].[Ir]. The van der Waals surface area contributed by atoms with E-state index in [1.807, 2.05) is 208 Å². The number of hydrogen-bond acceptors (Lipinski definition) is 8. The monoisotopic (exact) mass is 1990 g/mol. The van der Waals surface area contributed by atoms with Crippen LogP contribution in [0.15, 0.2) is 246 Å². The van der Waals surface area contributed by atoms with Crippen molar-refractivity contribution in [3.8, 4) is 79.0 Å². The van der Waals surface area contributed by atoms with Crippen LogP contribution in [0.25, 0.3) is 145 Å². The molecule has 8 heterocycles. The summed E-state index contributed by atoms with van der Waals surface area (Å²) in [6.07, 6.45) is -1.99. The maximum atomic E-state index is 8.87. The van der Waals surface area contributed by atoms with Crippen LogP contribution in [0.3, 0.4) is 0 Å². The van der Waals surface area contributed by atoms with Gasteiger partial charge in [0, 0.05) is 125 Å². The van der Waals surface area contributed by atoms with Gasteiger partial charge in [-0.2, -0.15) is 0 Å². The average Bonchev–Trinajstić information content (AvgIpc) is 1.72. The van der Waals surface area contributed by atoms with Crippen molar-refractivity contribution >= 4 is 92.7 Å². The van der Waals surface area contributed by atoms with Gasteiger partial charge in [-0.25, -0.2) is 9.97 Å². The summed E-state index contributed by atoms with van der Waals surface area (Å²) in [7, 11) is -4.27. The van der Waals surface area contributed by atoms with Crippen LogP contribution < -0.4 is 10.4 Å². The number of benzene rings is 10. The summed E-state index contributed by atoms with van der Waals surface area (Å²) < 4.78 is 221. The molecule has 2 radical (unpaired) electrons. The second kappa shape index (κ2) is 35.8. The maximum absolute atomic E-state index is 8.87. The Morgan fingerprint density at radius 1 is 0.458 bits per heavy atom. The zero-order valence-corrected chi connectivity index (χ0v) is 75.4. The van der Waals surface area contributed by atoms with Gasteiger partial charge in [-0.15, -0.1) is 108 Å². The van der Waals surface area contributed by atoms with E-state index in [4.69, 9.17) is 53.1 Å². The van der Waals surface area contributed by atoms with E-state index < -0.39 is 82.3 Å². The molecule has 0 fully saturated rings. The molecule has 0 aliphatic rings. The molecule has 18 rings (SSSR count). The van der Waals surface area contributed by atoms with Gasteiger partial charge >= 0.3 is 0 Å². The largest absolute Gasteiger partial charge is 0.486 e. The first-order valence-corrected chi connectivity index (χ1v) is 45.9. The molecule has 8 aromatic heterocycles. The van der Waals surface area contributed by atoms with E-state index in [9.17, 15) is 0 Å². The van der Waals surface area contributed by atoms with Crippen LogP contribution in [-0.2, 0) is 53.0 Å². The number of aryl methyl sites for hydroxylation is 9. The molecule has 0 N–H and O–H groups in total. The third kappa shape index (κ3) is 18.1. The predicted octanol–water partition coefficient (Wildman–Crippen LogP) is 26.7. The topological polar surface area (TPSA) is 113 Å². The quantitative estimate of drug-likeness (QED) is 0.0828. The fourth-order valence-corrected chi connectivity index (χ4v) is 18.0. The molecule has 120 heavy (non-hydrogen) atoms. The fourth-order valence-electron chi connectivity index (χ4n) is 15.0. The summed E-state index contributed by atoms with van der Waals surface area (Å²) in [4.78, 5) is 28.2. The molecule has 0 aliphatic heterocycles. The van der Waals surface area contributed by atoms with Crippen LogP contribution in [0.2, 0.25) is 39.3 Å². The van der Waals surface area contributed by atoms with Crippen LogP contribution in [0.4, 0.5) is 0 Å². The third-order valence-corrected chi connectivity index (χ3v) is 24.1. The summed E-state index contributed by atoms with van der Waals surface area (Å²) in [5.74, 6) is 0.970. The van der Waals surface area contributed by atoms with Gasteiger partial charge in [0.25, 0.3) is 0 Å². The van der Waals surface area contributed by atoms with Crippen LogP contribution >= 0.6 is 0 Å². The first kappa shape index (κ1) is 59.7. The molecule has 0 bridgehead atoms. The number of imidazole rings is 2. The van der Waals surface area contributed by atoms with Crippen LogP contribution in [0.1, 0.15) is 130 Å². The number of para-hydroxylation sites is 6. The van der Waals surface area contributed by atoms with E-state index in [2.05, 4.69) is 73.0 Å². The minimum Gasteiger partial charge on any atom is -0.486 e. The van der Waals surface area contributed by atoms with Crippen molar-refractivity contribution in [2.45, 2.75) is 148 Å². The number of nitrogens with zero attached hydrogens (tertiary/aromatic N) is 8. The molecule has 0 unspecified atom stereocenters. The molecule has 0 amide bonds. The zero-order chi connectivity index (χ0) is 104. The van der Waals surface area contributed by atoms with Gasteiger partial charge in [0.05, 0.1) is 66.7 Å². The van der Waals surface area contributed by atoms with E-state index in [1.165, 1.54) is 24.4 Å². The van der Waals surface area contributed by atoms with E-state index in [1.54, 1.807) is 60.7 Å². The molecule has 18 aromatic rings. The maximum Gasteiger partial charge on any atom is 0.216 e. The van der Waals surface area contributed by atoms with Gasteiger partial charge in [-0.3, -0.25) is 9.97 Å². The summed E-state index contributed by atoms with van der Waals surface area (Å²) in [6.45, 7) is 7.33. The number of pyridine rings is 4. The molecule has 0 aliphatic carbocycles. The van der Waals surface area contributed by atoms with Crippen LogP contribution in [0.5, 0.6) is 0 Å². The number of fused-ring (bicyclic) bond motifs is 8. The standard InChI is InChI=1S/C35H28N3O.C32H22N3O.C20H28NSi.C19H26NSi.2Ir/c1-20-16-23(4)31(24(5)17-20)25-18-28-26-12-9-13-27(33(26)39-35(28)36-19-25)34-37-29-14-6-7-15-30(29)38(34)32-21(2)10-8-11-22(32)3;1-20-10-8-11-21(2)29(20)27-19-18-24-23-14-9-15-25(30(23)36-32(24)34-27)31-33-26-16-6-7-17-28(26)35(31)22-12-4-3-5-13-22;1-15-19(22(5,6)7)17(14-20(2,3)4)13-18(21-15)16-11-9-8-10-12-16;1-14(2)12-17-13-18(21(4,5)6)15(3)20-19(17)16-10-8-7-9-11-16;;/h6-12,14-19H,1-5H3;3-14,16-19H,1-2H3;8-11,13H,14H2,1-7H3;7-10,13-14H,12H2,1-6H3;;/q4*-1;;/i1D3,4D3,5D3;1D3,2D3;1D3,14D2;3D3,12D2;;. The van der Waals surface area contributed by atoms with E-state index in [0.29, 0.717) is 94.1 Å². The molecule has 0 saturated carbocycles. The Morgan fingerprint density at radius 2 is 1.02 bits per heavy atom. The van der Waals surface area contributed by atoms with Gasteiger partial charge in [-0.05, 0) is 201 Å². The van der Waals surface area contributed by atoms with E-state index in [-0.39, 0.29) is 119 Å². The Labute approximate surface area is 772 Å². The van der Waals surface area contributed by atoms with Gasteiger partial charge in [-0.1, -0.05) is 216 Å². The first-order chi connectivity index (χ1) is 66.5. The summed E-state index contributed by atoms with van der Waals surface area (Å²) in [5, 5.41) is 3.93. The van der Waals surface area contributed by atoms with Crippen molar-refractivity contribution in [3.63, 3.8) is 0 Å². The van der Waals surface area contributed by atoms with Crippen molar-refractivity contribution in [1.29, 1.82) is 0 Å². The zero-order valence-electron chi connectivity index (χ0n) is 93.7. The van der Waals surface area contributed by atoms with Gasteiger partial charge in [0.2, 0.25) is 11.4 Å². The normalized spacial score (nSPS) is 15.7. The van der Waals surface area contributed by atoms with E-state index >= 15 is 0 Å². The van der Waals surface area contributed by atoms with Crippen molar-refractivity contribution in [2.24, 2.45) is 11.3 Å². The van der Waals surface area contributed by atoms with Gasteiger partial charge in [0.15, 0.2) is 0 Å². The molecule has 0 saturated heterocycles. The summed E-state index contributed by atoms with van der Waals surface area (Å²) >= 11 is 0. The Kier molecular flexibility index (Phi) is 17.8. The molecule has 0 atom stereocenters. The smallest absolute Gasteiger partial charge is 0.216 e. The van der Waals surface area contributed by atoms with Crippen molar-refractivity contribution in [2.75, 3.05) is 0 Å². The van der Waals surface area contributed by atoms with Crippen molar-refractivity contribution < 1.29 is 83.3 Å². The third-order valence-electron chi connectivity index (χ3n) is 20.1. The molecule has 14 heteroatoms. The molecule has 10 nitrogen and oxygen atoms in total. The summed E-state index contributed by atoms with van der Waals surface area (Å²) in [6, 6.07) is 81.1. The molecule has 0 spiro atoms. The second-order valence-electron chi connectivity index (χ2n) is 32.6. The molecule has 10 aromatic carbocycles. The van der Waals surface area contributed by atoms with Crippen LogP contribution in [-0.4, -0.2) is 55.2 Å². The Balaban J connectivity index is 0.000000167. The average molecular weight is 1990 g/mol.